The van der Waals surface area contributed by atoms with Crippen LogP contribution >= 0.6 is 11.6 Å². The lowest BCUT2D eigenvalue weighted by molar-refractivity contribution is -0.384. The molecule has 0 saturated heterocycles. The molecule has 0 N–H and O–H groups in total. The van der Waals surface area contributed by atoms with Gasteiger partial charge in [-0.2, -0.15) is 4.98 Å². The molecule has 0 atom stereocenters. The molecule has 4 rings (SSSR count). The Morgan fingerprint density at radius 3 is 2.59 bits per heavy atom. The number of aryl methyl sites for hydroxylation is 1. The highest BCUT2D eigenvalue weighted by Crippen LogP contribution is 2.33. The average molecular weight is 454 g/mol. The summed E-state index contributed by atoms with van der Waals surface area (Å²) in [6.07, 6.45) is 0. The van der Waals surface area contributed by atoms with E-state index in [-0.39, 0.29) is 24.1 Å². The molecular weight excluding hydrogens is 434 g/mol. The summed E-state index contributed by atoms with van der Waals surface area (Å²) in [5.74, 6) is 2.53. The average Bonchev–Trinajstić information content (AvgIpc) is 3.44. The number of benzene rings is 2. The van der Waals surface area contributed by atoms with E-state index in [4.69, 9.17) is 25.3 Å². The van der Waals surface area contributed by atoms with E-state index in [2.05, 4.69) is 24.0 Å². The first-order valence-electron chi connectivity index (χ1n) is 9.92. The normalized spacial score (nSPS) is 11.2. The Balaban J connectivity index is 1.48. The van der Waals surface area contributed by atoms with E-state index in [0.29, 0.717) is 27.9 Å². The standard InChI is InChI=1S/C23H20ClN3O5/c1-13(2)18-11-19(24)14(3)10-21(18)30-12-17-8-9-20(31-17)23-25-22(26-32-23)15-4-6-16(7-5-15)27(28)29/h4-11,13H,12H2,1-3H3. The molecule has 32 heavy (non-hydrogen) atoms. The molecule has 0 spiro atoms. The molecule has 0 radical (unpaired) electrons. The third kappa shape index (κ3) is 4.50. The fourth-order valence-corrected chi connectivity index (χ4v) is 3.31. The number of aromatic nitrogens is 2. The van der Waals surface area contributed by atoms with E-state index in [1.54, 1.807) is 24.3 Å². The number of hydrogen-bond acceptors (Lipinski definition) is 7. The van der Waals surface area contributed by atoms with Crippen LogP contribution in [0.25, 0.3) is 23.0 Å². The maximum Gasteiger partial charge on any atom is 0.293 e. The Labute approximate surface area is 188 Å². The van der Waals surface area contributed by atoms with Crippen LogP contribution < -0.4 is 4.74 Å². The van der Waals surface area contributed by atoms with Crippen LogP contribution in [0.2, 0.25) is 5.02 Å². The van der Waals surface area contributed by atoms with E-state index in [1.165, 1.54) is 12.1 Å². The van der Waals surface area contributed by atoms with E-state index >= 15 is 0 Å². The van der Waals surface area contributed by atoms with Gasteiger partial charge in [-0.25, -0.2) is 0 Å². The maximum atomic E-state index is 10.8. The van der Waals surface area contributed by atoms with Crippen LogP contribution in [-0.2, 0) is 6.61 Å². The van der Waals surface area contributed by atoms with Crippen molar-refractivity contribution in [1.82, 2.24) is 10.1 Å². The van der Waals surface area contributed by atoms with Gasteiger partial charge in [0.05, 0.1) is 4.92 Å². The van der Waals surface area contributed by atoms with Gasteiger partial charge >= 0.3 is 0 Å². The Morgan fingerprint density at radius 1 is 1.16 bits per heavy atom. The van der Waals surface area contributed by atoms with E-state index in [1.807, 2.05) is 19.1 Å². The molecular formula is C23H20ClN3O5. The summed E-state index contributed by atoms with van der Waals surface area (Å²) in [5, 5.41) is 15.4. The highest BCUT2D eigenvalue weighted by Gasteiger charge is 2.16. The molecule has 0 amide bonds. The zero-order valence-electron chi connectivity index (χ0n) is 17.7. The number of rotatable bonds is 7. The highest BCUT2D eigenvalue weighted by molar-refractivity contribution is 6.31. The largest absolute Gasteiger partial charge is 0.485 e. The first-order valence-corrected chi connectivity index (χ1v) is 10.3. The van der Waals surface area contributed by atoms with Crippen molar-refractivity contribution in [3.63, 3.8) is 0 Å². The smallest absolute Gasteiger partial charge is 0.293 e. The summed E-state index contributed by atoms with van der Waals surface area (Å²) < 4.78 is 17.1. The lowest BCUT2D eigenvalue weighted by Gasteiger charge is -2.15. The number of nitro groups is 1. The van der Waals surface area contributed by atoms with Crippen LogP contribution in [0.4, 0.5) is 5.69 Å². The summed E-state index contributed by atoms with van der Waals surface area (Å²) in [4.78, 5) is 14.6. The molecule has 0 saturated carbocycles. The van der Waals surface area contributed by atoms with Crippen molar-refractivity contribution >= 4 is 17.3 Å². The van der Waals surface area contributed by atoms with Gasteiger partial charge in [-0.1, -0.05) is 30.6 Å². The van der Waals surface area contributed by atoms with E-state index in [9.17, 15) is 10.1 Å². The van der Waals surface area contributed by atoms with Crippen molar-refractivity contribution in [1.29, 1.82) is 0 Å². The monoisotopic (exact) mass is 453 g/mol. The fourth-order valence-electron chi connectivity index (χ4n) is 3.14. The molecule has 0 bridgehead atoms. The molecule has 0 aliphatic heterocycles. The molecule has 0 unspecified atom stereocenters. The van der Waals surface area contributed by atoms with Gasteiger partial charge in [-0.3, -0.25) is 10.1 Å². The van der Waals surface area contributed by atoms with E-state index < -0.39 is 4.92 Å². The summed E-state index contributed by atoms with van der Waals surface area (Å²) in [6.45, 7) is 6.32. The van der Waals surface area contributed by atoms with Crippen LogP contribution in [0, 0.1) is 17.0 Å². The van der Waals surface area contributed by atoms with Gasteiger partial charge in [0.2, 0.25) is 5.82 Å². The quantitative estimate of drug-likeness (QED) is 0.230. The SMILES string of the molecule is Cc1cc(OCc2ccc(-c3nc(-c4ccc([N+](=O)[O-])cc4)no3)o2)c(C(C)C)cc1Cl. The number of halogens is 1. The topological polar surface area (TPSA) is 104 Å². The molecule has 9 heteroatoms. The second-order valence-corrected chi connectivity index (χ2v) is 7.98. The number of nitrogens with zero attached hydrogens (tertiary/aromatic N) is 3. The van der Waals surface area contributed by atoms with Crippen LogP contribution in [0.15, 0.2) is 57.5 Å². The van der Waals surface area contributed by atoms with Crippen LogP contribution in [-0.4, -0.2) is 15.1 Å². The molecule has 8 nitrogen and oxygen atoms in total. The predicted molar refractivity (Wildman–Crippen MR) is 119 cm³/mol. The number of nitro benzene ring substituents is 1. The summed E-state index contributed by atoms with van der Waals surface area (Å²) >= 11 is 6.26. The lowest BCUT2D eigenvalue weighted by Crippen LogP contribution is -2.00. The van der Waals surface area contributed by atoms with Crippen molar-refractivity contribution in [3.05, 3.63) is 80.6 Å². The zero-order valence-corrected chi connectivity index (χ0v) is 18.4. The van der Waals surface area contributed by atoms with Crippen LogP contribution in [0.3, 0.4) is 0 Å². The summed E-state index contributed by atoms with van der Waals surface area (Å²) in [7, 11) is 0. The maximum absolute atomic E-state index is 10.8. The lowest BCUT2D eigenvalue weighted by atomic mass is 10.0. The second-order valence-electron chi connectivity index (χ2n) is 7.58. The molecule has 4 aromatic rings. The third-order valence-electron chi connectivity index (χ3n) is 4.92. The van der Waals surface area contributed by atoms with Gasteiger partial charge in [0, 0.05) is 22.7 Å². The van der Waals surface area contributed by atoms with Crippen molar-refractivity contribution in [3.8, 4) is 28.8 Å². The fraction of sp³-hybridized carbons (Fsp3) is 0.217. The predicted octanol–water partition coefficient (Wildman–Crippen LogP) is 6.57. The van der Waals surface area contributed by atoms with Crippen molar-refractivity contribution in [2.45, 2.75) is 33.3 Å². The summed E-state index contributed by atoms with van der Waals surface area (Å²) in [6, 6.07) is 13.3. The second kappa shape index (κ2) is 8.84. The van der Waals surface area contributed by atoms with Crippen molar-refractivity contribution in [2.24, 2.45) is 0 Å². The van der Waals surface area contributed by atoms with Crippen LogP contribution in [0.1, 0.15) is 36.7 Å². The molecule has 164 valence electrons. The van der Waals surface area contributed by atoms with Gasteiger partial charge in [0.1, 0.15) is 18.1 Å². The molecule has 2 aromatic heterocycles. The van der Waals surface area contributed by atoms with Gasteiger partial charge in [-0.15, -0.1) is 0 Å². The Bertz CT molecular complexity index is 1260. The first-order chi connectivity index (χ1) is 15.3. The minimum atomic E-state index is -0.465. The molecule has 0 aliphatic rings. The number of non-ortho nitro benzene ring substituents is 1. The van der Waals surface area contributed by atoms with Crippen molar-refractivity contribution < 1.29 is 18.6 Å². The molecule has 0 aliphatic carbocycles. The van der Waals surface area contributed by atoms with E-state index in [0.717, 1.165) is 16.9 Å². The van der Waals surface area contributed by atoms with Gasteiger partial charge in [0.25, 0.3) is 11.6 Å². The number of hydrogen-bond donors (Lipinski definition) is 0. The molecule has 0 fully saturated rings. The Morgan fingerprint density at radius 2 is 1.91 bits per heavy atom. The zero-order chi connectivity index (χ0) is 22.8. The van der Waals surface area contributed by atoms with Gasteiger partial charge < -0.3 is 13.7 Å². The molecule has 2 aromatic carbocycles. The van der Waals surface area contributed by atoms with Crippen LogP contribution in [0.5, 0.6) is 5.75 Å². The first kappa shape index (κ1) is 21.6. The van der Waals surface area contributed by atoms with Gasteiger partial charge in [-0.05, 0) is 60.4 Å². The minimum absolute atomic E-state index is 0.00958. The number of furan rings is 1. The Kier molecular flexibility index (Phi) is 5.96. The summed E-state index contributed by atoms with van der Waals surface area (Å²) in [5.41, 5.74) is 2.55. The highest BCUT2D eigenvalue weighted by atomic mass is 35.5. The minimum Gasteiger partial charge on any atom is -0.485 e. The Hall–Kier alpha value is -3.65. The molecule has 2 heterocycles. The number of ether oxygens (including phenoxy) is 1. The van der Waals surface area contributed by atoms with Crippen molar-refractivity contribution in [2.75, 3.05) is 0 Å². The third-order valence-corrected chi connectivity index (χ3v) is 5.32. The van der Waals surface area contributed by atoms with Gasteiger partial charge in [0.15, 0.2) is 5.76 Å².